The quantitative estimate of drug-likeness (QED) is 0.352. The number of nitro benzene ring substituents is 1. The first-order valence-corrected chi connectivity index (χ1v) is 5.08. The topological polar surface area (TPSA) is 88.5 Å². The Labute approximate surface area is 104 Å². The lowest BCUT2D eigenvalue weighted by Gasteiger charge is -2.07. The number of hydrogen-bond donors (Lipinski definition) is 0. The van der Waals surface area contributed by atoms with Gasteiger partial charge in [-0.05, 0) is 25.1 Å². The van der Waals surface area contributed by atoms with E-state index < -0.39 is 4.92 Å². The van der Waals surface area contributed by atoms with Crippen molar-refractivity contribution >= 4 is 11.4 Å². The number of aliphatic imine (C=N–C) groups is 1. The van der Waals surface area contributed by atoms with Gasteiger partial charge in [-0.2, -0.15) is 5.26 Å². The lowest BCUT2D eigenvalue weighted by atomic mass is 10.3. The van der Waals surface area contributed by atoms with Crippen LogP contribution in [0.5, 0.6) is 5.75 Å². The van der Waals surface area contributed by atoms with Gasteiger partial charge in [0.25, 0.3) is 5.69 Å². The standard InChI is InChI=1S/C12H11N3O3/c1-3-12(11(8-13)14-2)18-10-6-4-9(5-7-10)15(16)17/h3-7H,1-2H3/b12-3+,14-11?. The third-order valence-electron chi connectivity index (χ3n) is 2.10. The summed E-state index contributed by atoms with van der Waals surface area (Å²) in [5.41, 5.74) is 0.143. The number of allylic oxidation sites excluding steroid dienone is 2. The molecular formula is C12H11N3O3. The average molecular weight is 245 g/mol. The van der Waals surface area contributed by atoms with Crippen LogP contribution in [0.15, 0.2) is 41.1 Å². The minimum atomic E-state index is -0.492. The zero-order chi connectivity index (χ0) is 13.5. The number of hydrogen-bond acceptors (Lipinski definition) is 5. The van der Waals surface area contributed by atoms with Crippen LogP contribution in [0.3, 0.4) is 0 Å². The van der Waals surface area contributed by atoms with Crippen LogP contribution in [-0.4, -0.2) is 17.7 Å². The van der Waals surface area contributed by atoms with Crippen LogP contribution in [0.2, 0.25) is 0 Å². The third-order valence-corrected chi connectivity index (χ3v) is 2.10. The fraction of sp³-hybridized carbons (Fsp3) is 0.167. The second-order valence-corrected chi connectivity index (χ2v) is 3.19. The molecule has 0 atom stereocenters. The van der Waals surface area contributed by atoms with Gasteiger partial charge in [-0.25, -0.2) is 0 Å². The maximum atomic E-state index is 10.5. The van der Waals surface area contributed by atoms with E-state index in [4.69, 9.17) is 10.00 Å². The number of benzene rings is 1. The van der Waals surface area contributed by atoms with Crippen molar-refractivity contribution in [2.45, 2.75) is 6.92 Å². The minimum absolute atomic E-state index is 0.0194. The molecule has 0 radical (unpaired) electrons. The van der Waals surface area contributed by atoms with Crippen molar-refractivity contribution in [3.8, 4) is 11.8 Å². The molecular weight excluding hydrogens is 234 g/mol. The van der Waals surface area contributed by atoms with Crippen LogP contribution >= 0.6 is 0 Å². The van der Waals surface area contributed by atoms with Gasteiger partial charge in [0.2, 0.25) is 0 Å². The SMILES string of the molecule is C/C=C(/Oc1ccc([N+](=O)[O-])cc1)C(C#N)=NC. The number of ether oxygens (including phenoxy) is 1. The van der Waals surface area contributed by atoms with E-state index in [0.29, 0.717) is 11.5 Å². The van der Waals surface area contributed by atoms with Gasteiger partial charge in [0.15, 0.2) is 11.5 Å². The van der Waals surface area contributed by atoms with E-state index in [-0.39, 0.29) is 11.4 Å². The van der Waals surface area contributed by atoms with E-state index >= 15 is 0 Å². The second-order valence-electron chi connectivity index (χ2n) is 3.19. The van der Waals surface area contributed by atoms with Crippen molar-refractivity contribution in [1.82, 2.24) is 0 Å². The average Bonchev–Trinajstić information content (AvgIpc) is 2.39. The summed E-state index contributed by atoms with van der Waals surface area (Å²) in [5.74, 6) is 0.721. The van der Waals surface area contributed by atoms with E-state index in [2.05, 4.69) is 4.99 Å². The Morgan fingerprint density at radius 2 is 2.11 bits per heavy atom. The number of nitrogens with zero attached hydrogens (tertiary/aromatic N) is 3. The fourth-order valence-corrected chi connectivity index (χ4v) is 1.22. The van der Waals surface area contributed by atoms with Crippen molar-refractivity contribution in [1.29, 1.82) is 5.26 Å². The highest BCUT2D eigenvalue weighted by atomic mass is 16.6. The zero-order valence-corrected chi connectivity index (χ0v) is 9.95. The van der Waals surface area contributed by atoms with E-state index in [1.54, 1.807) is 13.0 Å². The van der Waals surface area contributed by atoms with Gasteiger partial charge in [0, 0.05) is 19.2 Å². The molecule has 0 spiro atoms. The molecule has 0 fully saturated rings. The smallest absolute Gasteiger partial charge is 0.269 e. The zero-order valence-electron chi connectivity index (χ0n) is 9.95. The van der Waals surface area contributed by atoms with E-state index in [1.807, 2.05) is 6.07 Å². The van der Waals surface area contributed by atoms with E-state index in [1.165, 1.54) is 31.3 Å². The molecule has 92 valence electrons. The summed E-state index contributed by atoms with van der Waals surface area (Å²) in [4.78, 5) is 13.8. The Hall–Kier alpha value is -2.68. The number of rotatable bonds is 4. The molecule has 0 bridgehead atoms. The summed E-state index contributed by atoms with van der Waals surface area (Å²) in [6.07, 6.45) is 1.60. The summed E-state index contributed by atoms with van der Waals surface area (Å²) in [7, 11) is 1.49. The first kappa shape index (κ1) is 13.4. The van der Waals surface area contributed by atoms with E-state index in [0.717, 1.165) is 0 Å². The first-order valence-electron chi connectivity index (χ1n) is 5.08. The monoisotopic (exact) mass is 245 g/mol. The lowest BCUT2D eigenvalue weighted by molar-refractivity contribution is -0.384. The van der Waals surface area contributed by atoms with Gasteiger partial charge in [-0.3, -0.25) is 15.1 Å². The number of non-ortho nitro benzene ring substituents is 1. The highest BCUT2D eigenvalue weighted by Gasteiger charge is 2.09. The van der Waals surface area contributed by atoms with Gasteiger partial charge in [0.1, 0.15) is 11.8 Å². The summed E-state index contributed by atoms with van der Waals surface area (Å²) >= 11 is 0. The predicted molar refractivity (Wildman–Crippen MR) is 66.5 cm³/mol. The van der Waals surface area contributed by atoms with Gasteiger partial charge in [0.05, 0.1) is 4.92 Å². The van der Waals surface area contributed by atoms with Crippen LogP contribution in [0.1, 0.15) is 6.92 Å². The summed E-state index contributed by atoms with van der Waals surface area (Å²) in [6.45, 7) is 1.71. The van der Waals surface area contributed by atoms with Gasteiger partial charge in [-0.1, -0.05) is 0 Å². The van der Waals surface area contributed by atoms with Crippen LogP contribution < -0.4 is 4.74 Å². The highest BCUT2D eigenvalue weighted by molar-refractivity contribution is 6.10. The second kappa shape index (κ2) is 6.15. The maximum absolute atomic E-state index is 10.5. The van der Waals surface area contributed by atoms with Crippen molar-refractivity contribution < 1.29 is 9.66 Å². The maximum Gasteiger partial charge on any atom is 0.269 e. The molecule has 0 unspecified atom stereocenters. The van der Waals surface area contributed by atoms with Gasteiger partial charge < -0.3 is 4.74 Å². The predicted octanol–water partition coefficient (Wildman–Crippen LogP) is 2.47. The molecule has 1 aromatic rings. The Morgan fingerprint density at radius 3 is 2.50 bits per heavy atom. The van der Waals surface area contributed by atoms with Crippen molar-refractivity contribution in [2.75, 3.05) is 7.05 Å². The molecule has 0 N–H and O–H groups in total. The Kier molecular flexibility index (Phi) is 4.58. The molecule has 0 saturated heterocycles. The Bertz CT molecular complexity index is 539. The largest absolute Gasteiger partial charge is 0.455 e. The van der Waals surface area contributed by atoms with Gasteiger partial charge in [-0.15, -0.1) is 0 Å². The number of nitriles is 1. The first-order chi connectivity index (χ1) is 8.62. The molecule has 1 aromatic carbocycles. The summed E-state index contributed by atoms with van der Waals surface area (Å²) < 4.78 is 5.43. The third kappa shape index (κ3) is 3.15. The molecule has 0 heterocycles. The summed E-state index contributed by atoms with van der Waals surface area (Å²) in [5, 5.41) is 19.3. The molecule has 0 aliphatic carbocycles. The Morgan fingerprint density at radius 1 is 1.50 bits per heavy atom. The molecule has 1 rings (SSSR count). The van der Waals surface area contributed by atoms with E-state index in [9.17, 15) is 10.1 Å². The van der Waals surface area contributed by atoms with Crippen molar-refractivity contribution in [3.05, 3.63) is 46.2 Å². The Balaban J connectivity index is 2.91. The molecule has 0 aliphatic heterocycles. The normalized spacial score (nSPS) is 11.8. The summed E-state index contributed by atoms with van der Waals surface area (Å²) in [6, 6.07) is 7.49. The lowest BCUT2D eigenvalue weighted by Crippen LogP contribution is -2.06. The molecule has 6 nitrogen and oxygen atoms in total. The molecule has 18 heavy (non-hydrogen) atoms. The molecule has 6 heteroatoms. The van der Waals surface area contributed by atoms with Crippen molar-refractivity contribution in [2.24, 2.45) is 4.99 Å². The van der Waals surface area contributed by atoms with Gasteiger partial charge >= 0.3 is 0 Å². The molecule has 0 aromatic heterocycles. The van der Waals surface area contributed by atoms with Crippen LogP contribution in [0.4, 0.5) is 5.69 Å². The number of nitro groups is 1. The van der Waals surface area contributed by atoms with Crippen LogP contribution in [0.25, 0.3) is 0 Å². The molecule has 0 amide bonds. The molecule has 0 saturated carbocycles. The van der Waals surface area contributed by atoms with Crippen LogP contribution in [-0.2, 0) is 0 Å². The highest BCUT2D eigenvalue weighted by Crippen LogP contribution is 2.19. The molecule has 0 aliphatic rings. The van der Waals surface area contributed by atoms with Crippen molar-refractivity contribution in [3.63, 3.8) is 0 Å². The fourth-order valence-electron chi connectivity index (χ4n) is 1.22. The minimum Gasteiger partial charge on any atom is -0.455 e. The van der Waals surface area contributed by atoms with Crippen LogP contribution in [0, 0.1) is 21.4 Å².